The van der Waals surface area contributed by atoms with Crippen molar-refractivity contribution in [3.63, 3.8) is 0 Å². The van der Waals surface area contributed by atoms with E-state index >= 15 is 0 Å². The van der Waals surface area contributed by atoms with Gasteiger partial charge in [-0.3, -0.25) is 4.79 Å². The number of rotatable bonds is 1. The summed E-state index contributed by atoms with van der Waals surface area (Å²) in [6.07, 6.45) is -0.995. The van der Waals surface area contributed by atoms with E-state index in [9.17, 15) is 9.59 Å². The molecule has 0 rings (SSSR count). The molecule has 14 heavy (non-hydrogen) atoms. The molecule has 1 atom stereocenters. The van der Waals surface area contributed by atoms with Crippen LogP contribution in [0.2, 0.25) is 0 Å². The minimum Gasteiger partial charge on any atom is -0.480 e. The van der Waals surface area contributed by atoms with Crippen molar-refractivity contribution in [1.29, 1.82) is 0 Å². The van der Waals surface area contributed by atoms with Gasteiger partial charge in [0.05, 0.1) is 0 Å². The monoisotopic (exact) mass is 206 g/mol. The van der Waals surface area contributed by atoms with Gasteiger partial charge >= 0.3 is 12.1 Å². The highest BCUT2D eigenvalue weighted by Crippen LogP contribution is 2.16. The summed E-state index contributed by atoms with van der Waals surface area (Å²) in [6, 6.07) is -0.766. The Morgan fingerprint density at radius 2 is 1.57 bits per heavy atom. The topological polar surface area (TPSA) is 113 Å². The third kappa shape index (κ3) is 8.79. The third-order valence-electron chi connectivity index (χ3n) is 1.41. The van der Waals surface area contributed by atoms with Gasteiger partial charge in [-0.1, -0.05) is 20.8 Å². The van der Waals surface area contributed by atoms with Crippen LogP contribution in [0.1, 0.15) is 20.8 Å². The van der Waals surface area contributed by atoms with Crippen LogP contribution in [0.15, 0.2) is 0 Å². The standard InChI is InChI=1S/C6H13NO2.C2H5NO2/c1-6(2,3)4(7)5(8)9;1-3-2(4)5/h4H,7H2,1-3H3,(H,8,9);3H,1H3,(H,4,5)/t4-;/m1./s1. The van der Waals surface area contributed by atoms with Crippen LogP contribution in [0.4, 0.5) is 4.79 Å². The molecule has 6 heteroatoms. The minimum atomic E-state index is -0.995. The lowest BCUT2D eigenvalue weighted by Gasteiger charge is -2.22. The average molecular weight is 206 g/mol. The third-order valence-corrected chi connectivity index (χ3v) is 1.41. The summed E-state index contributed by atoms with van der Waals surface area (Å²) >= 11 is 0. The molecule has 0 aliphatic carbocycles. The number of carboxylic acids is 1. The molecule has 0 fully saturated rings. The van der Waals surface area contributed by atoms with E-state index in [4.69, 9.17) is 15.9 Å². The molecule has 0 aromatic heterocycles. The summed E-state index contributed by atoms with van der Waals surface area (Å²) in [6.45, 7) is 5.39. The van der Waals surface area contributed by atoms with E-state index in [1.165, 1.54) is 7.05 Å². The molecule has 0 bridgehead atoms. The van der Waals surface area contributed by atoms with Gasteiger partial charge in [-0.25, -0.2) is 4.79 Å². The minimum absolute atomic E-state index is 0.341. The fourth-order valence-corrected chi connectivity index (χ4v) is 0.370. The Balaban J connectivity index is 0. The number of nitrogens with two attached hydrogens (primary N) is 1. The molecule has 0 radical (unpaired) electrons. The quantitative estimate of drug-likeness (QED) is 0.493. The van der Waals surface area contributed by atoms with Gasteiger partial charge in [0.2, 0.25) is 0 Å². The average Bonchev–Trinajstić information content (AvgIpc) is 2.02. The van der Waals surface area contributed by atoms with E-state index in [0.717, 1.165) is 0 Å². The van der Waals surface area contributed by atoms with Gasteiger partial charge in [-0.05, 0) is 5.41 Å². The lowest BCUT2D eigenvalue weighted by molar-refractivity contribution is -0.141. The Morgan fingerprint density at radius 3 is 1.57 bits per heavy atom. The Hall–Kier alpha value is -1.30. The van der Waals surface area contributed by atoms with Crippen LogP contribution in [0.3, 0.4) is 0 Å². The molecule has 0 saturated heterocycles. The molecule has 6 nitrogen and oxygen atoms in total. The first-order valence-corrected chi connectivity index (χ1v) is 4.02. The summed E-state index contributed by atoms with van der Waals surface area (Å²) in [5, 5.41) is 17.9. The highest BCUT2D eigenvalue weighted by Gasteiger charge is 2.26. The maximum atomic E-state index is 10.2. The summed E-state index contributed by atoms with van der Waals surface area (Å²) in [4.78, 5) is 19.5. The molecule has 0 saturated carbocycles. The van der Waals surface area contributed by atoms with Gasteiger partial charge < -0.3 is 21.3 Å². The molecule has 0 unspecified atom stereocenters. The number of amides is 1. The van der Waals surface area contributed by atoms with Crippen LogP contribution in [0.5, 0.6) is 0 Å². The molecule has 1 amide bonds. The Labute approximate surface area is 83.1 Å². The number of carbonyl (C=O) groups is 2. The summed E-state index contributed by atoms with van der Waals surface area (Å²) < 4.78 is 0. The van der Waals surface area contributed by atoms with E-state index in [1.54, 1.807) is 20.8 Å². The lowest BCUT2D eigenvalue weighted by atomic mass is 9.88. The second-order valence-corrected chi connectivity index (χ2v) is 3.74. The van der Waals surface area contributed by atoms with E-state index < -0.39 is 18.1 Å². The molecule has 0 spiro atoms. The Morgan fingerprint density at radius 1 is 1.29 bits per heavy atom. The van der Waals surface area contributed by atoms with Gasteiger partial charge in [-0.15, -0.1) is 0 Å². The molecule has 0 aliphatic heterocycles. The van der Waals surface area contributed by atoms with Crippen molar-refractivity contribution in [2.75, 3.05) is 7.05 Å². The highest BCUT2D eigenvalue weighted by atomic mass is 16.4. The number of hydrogen-bond donors (Lipinski definition) is 4. The largest absolute Gasteiger partial charge is 0.480 e. The molecular weight excluding hydrogens is 188 g/mol. The number of nitrogens with one attached hydrogen (secondary N) is 1. The molecule has 84 valence electrons. The first-order valence-electron chi connectivity index (χ1n) is 4.02. The van der Waals surface area contributed by atoms with Crippen molar-refractivity contribution in [2.45, 2.75) is 26.8 Å². The SMILES string of the molecule is CC(C)(C)[C@H](N)C(=O)O.CNC(=O)O. The summed E-state index contributed by atoms with van der Waals surface area (Å²) in [5.74, 6) is -0.942. The number of hydrogen-bond acceptors (Lipinski definition) is 3. The van der Waals surface area contributed by atoms with Crippen LogP contribution in [-0.2, 0) is 4.79 Å². The number of carboxylic acid groups (broad SMARTS) is 2. The van der Waals surface area contributed by atoms with Crippen LogP contribution >= 0.6 is 0 Å². The lowest BCUT2D eigenvalue weighted by Crippen LogP contribution is -2.41. The molecule has 0 heterocycles. The Bertz CT molecular complexity index is 198. The molecular formula is C8H18N2O4. The molecule has 5 N–H and O–H groups in total. The fourth-order valence-electron chi connectivity index (χ4n) is 0.370. The van der Waals surface area contributed by atoms with Gasteiger partial charge in [0, 0.05) is 7.05 Å². The van der Waals surface area contributed by atoms with Gasteiger partial charge in [-0.2, -0.15) is 0 Å². The van der Waals surface area contributed by atoms with Crippen molar-refractivity contribution < 1.29 is 19.8 Å². The predicted octanol–water partition coefficient (Wildman–Crippen LogP) is 0.328. The molecule has 0 aromatic rings. The van der Waals surface area contributed by atoms with Gasteiger partial charge in [0.15, 0.2) is 0 Å². The number of aliphatic carboxylic acids is 1. The van der Waals surface area contributed by atoms with Crippen molar-refractivity contribution in [3.8, 4) is 0 Å². The van der Waals surface area contributed by atoms with Crippen LogP contribution in [0.25, 0.3) is 0 Å². The first-order chi connectivity index (χ1) is 6.12. The normalized spacial score (nSPS) is 12.1. The summed E-state index contributed by atoms with van der Waals surface area (Å²) in [5.41, 5.74) is 4.95. The van der Waals surface area contributed by atoms with Crippen LogP contribution in [0, 0.1) is 5.41 Å². The zero-order chi connectivity index (χ0) is 11.9. The van der Waals surface area contributed by atoms with Crippen molar-refractivity contribution in [1.82, 2.24) is 5.32 Å². The Kier molecular flexibility index (Phi) is 6.72. The zero-order valence-electron chi connectivity index (χ0n) is 8.87. The first kappa shape index (κ1) is 15.2. The van der Waals surface area contributed by atoms with E-state index in [1.807, 2.05) is 5.32 Å². The second-order valence-electron chi connectivity index (χ2n) is 3.74. The van der Waals surface area contributed by atoms with Crippen molar-refractivity contribution >= 4 is 12.1 Å². The van der Waals surface area contributed by atoms with Crippen molar-refractivity contribution in [3.05, 3.63) is 0 Å². The van der Waals surface area contributed by atoms with Gasteiger partial charge in [0.25, 0.3) is 0 Å². The smallest absolute Gasteiger partial charge is 0.404 e. The maximum absolute atomic E-state index is 10.2. The van der Waals surface area contributed by atoms with Crippen LogP contribution < -0.4 is 11.1 Å². The predicted molar refractivity (Wildman–Crippen MR) is 52.2 cm³/mol. The zero-order valence-corrected chi connectivity index (χ0v) is 8.87. The van der Waals surface area contributed by atoms with E-state index in [-0.39, 0.29) is 5.41 Å². The molecule has 0 aromatic carbocycles. The highest BCUT2D eigenvalue weighted by molar-refractivity contribution is 5.74. The van der Waals surface area contributed by atoms with E-state index in [0.29, 0.717) is 0 Å². The van der Waals surface area contributed by atoms with Gasteiger partial charge in [0.1, 0.15) is 6.04 Å². The van der Waals surface area contributed by atoms with Crippen LogP contribution in [-0.4, -0.2) is 35.4 Å². The molecule has 0 aliphatic rings. The fraction of sp³-hybridized carbons (Fsp3) is 0.750. The second kappa shape index (κ2) is 6.20. The summed E-state index contributed by atoms with van der Waals surface area (Å²) in [7, 11) is 1.35. The maximum Gasteiger partial charge on any atom is 0.404 e. The van der Waals surface area contributed by atoms with E-state index in [2.05, 4.69) is 0 Å². The van der Waals surface area contributed by atoms with Crippen molar-refractivity contribution in [2.24, 2.45) is 11.1 Å².